The first-order valence-corrected chi connectivity index (χ1v) is 8.09. The Balaban J connectivity index is 1.94. The van der Waals surface area contributed by atoms with Gasteiger partial charge in [0.2, 0.25) is 11.8 Å². The number of hydrogen-bond acceptors (Lipinski definition) is 4. The zero-order valence-electron chi connectivity index (χ0n) is 11.5. The maximum atomic E-state index is 12.2. The average Bonchev–Trinajstić information content (AvgIpc) is 2.46. The fraction of sp³-hybridized carbons (Fsp3) is 0.429. The van der Waals surface area contributed by atoms with Crippen LogP contribution < -0.4 is 11.5 Å². The molecule has 21 heavy (non-hydrogen) atoms. The molecule has 2 rings (SSSR count). The molecule has 1 aromatic rings. The lowest BCUT2D eigenvalue weighted by Crippen LogP contribution is -2.44. The number of amides is 2. The molecule has 4 N–H and O–H groups in total. The molecule has 2 amide bonds. The molecule has 0 radical (unpaired) electrons. The lowest BCUT2D eigenvalue weighted by atomic mass is 9.97. The van der Waals surface area contributed by atoms with Crippen molar-refractivity contribution in [1.82, 2.24) is 4.90 Å². The predicted molar refractivity (Wildman–Crippen MR) is 85.1 cm³/mol. The predicted octanol–water partition coefficient (Wildman–Crippen LogP) is 1.74. The highest BCUT2D eigenvalue weighted by Crippen LogP contribution is 2.32. The summed E-state index contributed by atoms with van der Waals surface area (Å²) in [5.41, 5.74) is 11.7. The van der Waals surface area contributed by atoms with Gasteiger partial charge in [0.25, 0.3) is 0 Å². The SMILES string of the molecule is NC(=O)C1CCCN(C(=O)CSc2c(N)cccc2Cl)C1. The van der Waals surface area contributed by atoms with E-state index in [1.165, 1.54) is 11.8 Å². The van der Waals surface area contributed by atoms with E-state index in [1.807, 2.05) is 0 Å². The number of thioether (sulfide) groups is 1. The zero-order valence-corrected chi connectivity index (χ0v) is 13.1. The molecular weight excluding hydrogens is 310 g/mol. The van der Waals surface area contributed by atoms with E-state index in [4.69, 9.17) is 23.1 Å². The van der Waals surface area contributed by atoms with E-state index >= 15 is 0 Å². The highest BCUT2D eigenvalue weighted by Gasteiger charge is 2.26. The van der Waals surface area contributed by atoms with Crippen LogP contribution in [0, 0.1) is 5.92 Å². The number of piperidine rings is 1. The van der Waals surface area contributed by atoms with Gasteiger partial charge in [-0.3, -0.25) is 9.59 Å². The van der Waals surface area contributed by atoms with Crippen molar-refractivity contribution >= 4 is 40.9 Å². The third-order valence-corrected chi connectivity index (χ3v) is 5.08. The number of nitrogens with zero attached hydrogens (tertiary/aromatic N) is 1. The van der Waals surface area contributed by atoms with Gasteiger partial charge in [-0.15, -0.1) is 11.8 Å². The van der Waals surface area contributed by atoms with E-state index in [0.29, 0.717) is 23.8 Å². The van der Waals surface area contributed by atoms with Crippen LogP contribution in [0.25, 0.3) is 0 Å². The summed E-state index contributed by atoms with van der Waals surface area (Å²) < 4.78 is 0. The van der Waals surface area contributed by atoms with Gasteiger partial charge >= 0.3 is 0 Å². The van der Waals surface area contributed by atoms with Gasteiger partial charge in [0.15, 0.2) is 0 Å². The first kappa shape index (κ1) is 16.0. The lowest BCUT2D eigenvalue weighted by molar-refractivity contribution is -0.132. The number of anilines is 1. The molecule has 1 aliphatic rings. The topological polar surface area (TPSA) is 89.4 Å². The van der Waals surface area contributed by atoms with Gasteiger partial charge in [0.1, 0.15) is 0 Å². The molecule has 7 heteroatoms. The Morgan fingerprint density at radius 3 is 2.86 bits per heavy atom. The summed E-state index contributed by atoms with van der Waals surface area (Å²) in [6, 6.07) is 5.27. The van der Waals surface area contributed by atoms with Crippen molar-refractivity contribution < 1.29 is 9.59 Å². The van der Waals surface area contributed by atoms with E-state index in [2.05, 4.69) is 0 Å². The minimum Gasteiger partial charge on any atom is -0.398 e. The first-order chi connectivity index (χ1) is 9.99. The van der Waals surface area contributed by atoms with E-state index < -0.39 is 0 Å². The van der Waals surface area contributed by atoms with Crippen LogP contribution in [0.1, 0.15) is 12.8 Å². The average molecular weight is 328 g/mol. The molecule has 5 nitrogen and oxygen atoms in total. The van der Waals surface area contributed by atoms with Crippen molar-refractivity contribution in [3.05, 3.63) is 23.2 Å². The summed E-state index contributed by atoms with van der Waals surface area (Å²) >= 11 is 7.40. The largest absolute Gasteiger partial charge is 0.398 e. The molecular formula is C14H18ClN3O2S. The zero-order chi connectivity index (χ0) is 15.4. The number of likely N-dealkylation sites (tertiary alicyclic amines) is 1. The number of nitrogens with two attached hydrogens (primary N) is 2. The summed E-state index contributed by atoms with van der Waals surface area (Å²) in [5.74, 6) is -0.349. The Morgan fingerprint density at radius 1 is 1.43 bits per heavy atom. The summed E-state index contributed by atoms with van der Waals surface area (Å²) in [6.07, 6.45) is 1.56. The number of carbonyl (C=O) groups is 2. The molecule has 1 heterocycles. The number of hydrogen-bond donors (Lipinski definition) is 2. The van der Waals surface area contributed by atoms with Gasteiger partial charge in [-0.25, -0.2) is 0 Å². The second kappa shape index (κ2) is 7.04. The fourth-order valence-corrected chi connectivity index (χ4v) is 3.58. The van der Waals surface area contributed by atoms with Crippen LogP contribution in [0.2, 0.25) is 5.02 Å². The molecule has 0 aliphatic carbocycles. The second-order valence-electron chi connectivity index (χ2n) is 5.03. The van der Waals surface area contributed by atoms with Crippen LogP contribution in [0.5, 0.6) is 0 Å². The third kappa shape index (κ3) is 4.04. The quantitative estimate of drug-likeness (QED) is 0.651. The summed E-state index contributed by atoms with van der Waals surface area (Å²) in [7, 11) is 0. The molecule has 1 fully saturated rings. The number of nitrogen functional groups attached to an aromatic ring is 1. The van der Waals surface area contributed by atoms with Crippen LogP contribution in [0.3, 0.4) is 0 Å². The normalized spacial score (nSPS) is 18.5. The molecule has 0 spiro atoms. The van der Waals surface area contributed by atoms with Gasteiger partial charge in [-0.1, -0.05) is 17.7 Å². The molecule has 0 saturated carbocycles. The van der Waals surface area contributed by atoms with Crippen molar-refractivity contribution in [2.75, 3.05) is 24.6 Å². The molecule has 1 unspecified atom stereocenters. The standard InChI is InChI=1S/C14H18ClN3O2S/c15-10-4-1-5-11(16)13(10)21-8-12(19)18-6-2-3-9(7-18)14(17)20/h1,4-5,9H,2-3,6-8,16H2,(H2,17,20). The van der Waals surface area contributed by atoms with Gasteiger partial charge in [0, 0.05) is 23.7 Å². The van der Waals surface area contributed by atoms with Crippen molar-refractivity contribution in [2.24, 2.45) is 11.7 Å². The molecule has 0 bridgehead atoms. The fourth-order valence-electron chi connectivity index (χ4n) is 2.34. The maximum absolute atomic E-state index is 12.2. The smallest absolute Gasteiger partial charge is 0.232 e. The number of carbonyl (C=O) groups excluding carboxylic acids is 2. The van der Waals surface area contributed by atoms with E-state index in [0.717, 1.165) is 17.7 Å². The minimum atomic E-state index is -0.337. The number of primary amides is 1. The highest BCUT2D eigenvalue weighted by molar-refractivity contribution is 8.00. The first-order valence-electron chi connectivity index (χ1n) is 6.73. The van der Waals surface area contributed by atoms with Gasteiger partial charge in [-0.05, 0) is 25.0 Å². The second-order valence-corrected chi connectivity index (χ2v) is 6.42. The lowest BCUT2D eigenvalue weighted by Gasteiger charge is -2.31. The van der Waals surface area contributed by atoms with Gasteiger partial charge in [-0.2, -0.15) is 0 Å². The Kier molecular flexibility index (Phi) is 5.36. The maximum Gasteiger partial charge on any atom is 0.232 e. The number of halogens is 1. The van der Waals surface area contributed by atoms with Gasteiger partial charge in [0.05, 0.1) is 16.7 Å². The minimum absolute atomic E-state index is 0.0229. The third-order valence-electron chi connectivity index (χ3n) is 3.51. The van der Waals surface area contributed by atoms with Crippen LogP contribution >= 0.6 is 23.4 Å². The van der Waals surface area contributed by atoms with Crippen molar-refractivity contribution in [3.8, 4) is 0 Å². The number of rotatable bonds is 4. The number of benzene rings is 1. The van der Waals surface area contributed by atoms with Crippen LogP contribution in [0.4, 0.5) is 5.69 Å². The molecule has 1 saturated heterocycles. The summed E-state index contributed by atoms with van der Waals surface area (Å²) in [6.45, 7) is 1.08. The Hall–Kier alpha value is -1.40. The molecule has 1 aliphatic heterocycles. The van der Waals surface area contributed by atoms with Crippen molar-refractivity contribution in [3.63, 3.8) is 0 Å². The van der Waals surface area contributed by atoms with E-state index in [9.17, 15) is 9.59 Å². The van der Waals surface area contributed by atoms with Crippen molar-refractivity contribution in [2.45, 2.75) is 17.7 Å². The molecule has 1 aromatic carbocycles. The van der Waals surface area contributed by atoms with Crippen LogP contribution in [-0.4, -0.2) is 35.6 Å². The molecule has 1 atom stereocenters. The Labute approximate surface area is 133 Å². The Bertz CT molecular complexity index is 533. The van der Waals surface area contributed by atoms with E-state index in [-0.39, 0.29) is 23.5 Å². The monoisotopic (exact) mass is 327 g/mol. The summed E-state index contributed by atoms with van der Waals surface area (Å²) in [4.78, 5) is 25.9. The molecule has 0 aromatic heterocycles. The van der Waals surface area contributed by atoms with Crippen molar-refractivity contribution in [1.29, 1.82) is 0 Å². The van der Waals surface area contributed by atoms with Crippen LogP contribution in [-0.2, 0) is 9.59 Å². The van der Waals surface area contributed by atoms with E-state index in [1.54, 1.807) is 23.1 Å². The summed E-state index contributed by atoms with van der Waals surface area (Å²) in [5, 5.41) is 0.543. The highest BCUT2D eigenvalue weighted by atomic mass is 35.5. The van der Waals surface area contributed by atoms with Gasteiger partial charge < -0.3 is 16.4 Å². The Morgan fingerprint density at radius 2 is 2.19 bits per heavy atom. The van der Waals surface area contributed by atoms with Crippen LogP contribution in [0.15, 0.2) is 23.1 Å². The molecule has 114 valence electrons.